The minimum absolute atomic E-state index is 0.0777. The number of ether oxygens (including phenoxy) is 1. The number of hydrogen-bond donors (Lipinski definition) is 2. The quantitative estimate of drug-likeness (QED) is 0.824. The molecule has 1 aromatic rings. The van der Waals surface area contributed by atoms with E-state index in [0.29, 0.717) is 5.56 Å². The van der Waals surface area contributed by atoms with E-state index in [-0.39, 0.29) is 25.0 Å². The molecule has 0 radical (unpaired) electrons. The van der Waals surface area contributed by atoms with E-state index in [1.54, 1.807) is 18.2 Å². The highest BCUT2D eigenvalue weighted by atomic mass is 16.5. The summed E-state index contributed by atoms with van der Waals surface area (Å²) in [6, 6.07) is 5.15. The normalized spacial score (nSPS) is 10.3. The van der Waals surface area contributed by atoms with Crippen LogP contribution in [0.15, 0.2) is 18.2 Å². The topological polar surface area (TPSA) is 75.6 Å². The lowest BCUT2D eigenvalue weighted by molar-refractivity contribution is -0.136. The summed E-state index contributed by atoms with van der Waals surface area (Å²) in [4.78, 5) is 22.1. The van der Waals surface area contributed by atoms with E-state index in [9.17, 15) is 9.59 Å². The average molecular weight is 265 g/mol. The standard InChI is InChI=1S/C14H19NO4/c1-9(2)19-12-5-4-11(8-10(12)3)14(18)15-7-6-13(16)17/h4-5,8-9H,6-7H2,1-3H3,(H,15,18)(H,16,17). The zero-order valence-corrected chi connectivity index (χ0v) is 11.4. The number of amides is 1. The van der Waals surface area contributed by atoms with Gasteiger partial charge in [-0.05, 0) is 44.5 Å². The van der Waals surface area contributed by atoms with Crippen LogP contribution in [0.3, 0.4) is 0 Å². The van der Waals surface area contributed by atoms with Gasteiger partial charge in [-0.15, -0.1) is 0 Å². The van der Waals surface area contributed by atoms with Crippen molar-refractivity contribution in [3.05, 3.63) is 29.3 Å². The van der Waals surface area contributed by atoms with Gasteiger partial charge in [0, 0.05) is 12.1 Å². The summed E-state index contributed by atoms with van der Waals surface area (Å²) < 4.78 is 5.58. The lowest BCUT2D eigenvalue weighted by Crippen LogP contribution is -2.26. The lowest BCUT2D eigenvalue weighted by atomic mass is 10.1. The van der Waals surface area contributed by atoms with Crippen molar-refractivity contribution < 1.29 is 19.4 Å². The van der Waals surface area contributed by atoms with Crippen LogP contribution < -0.4 is 10.1 Å². The van der Waals surface area contributed by atoms with Crippen molar-refractivity contribution in [1.29, 1.82) is 0 Å². The summed E-state index contributed by atoms with van der Waals surface area (Å²) in [5, 5.41) is 11.1. The zero-order valence-electron chi connectivity index (χ0n) is 11.4. The molecule has 0 atom stereocenters. The van der Waals surface area contributed by atoms with E-state index in [1.807, 2.05) is 20.8 Å². The first-order chi connectivity index (χ1) is 8.90. The number of carbonyl (C=O) groups excluding carboxylic acids is 1. The third kappa shape index (κ3) is 4.99. The highest BCUT2D eigenvalue weighted by molar-refractivity contribution is 5.94. The monoisotopic (exact) mass is 265 g/mol. The first-order valence-electron chi connectivity index (χ1n) is 6.17. The Morgan fingerprint density at radius 2 is 2.05 bits per heavy atom. The maximum absolute atomic E-state index is 11.8. The molecule has 0 bridgehead atoms. The Morgan fingerprint density at radius 1 is 1.37 bits per heavy atom. The van der Waals surface area contributed by atoms with Crippen LogP contribution in [0.4, 0.5) is 0 Å². The summed E-state index contributed by atoms with van der Waals surface area (Å²) in [7, 11) is 0. The van der Waals surface area contributed by atoms with Crippen molar-refractivity contribution in [3.8, 4) is 5.75 Å². The molecule has 0 aromatic heterocycles. The number of carbonyl (C=O) groups is 2. The summed E-state index contributed by atoms with van der Waals surface area (Å²) in [5.74, 6) is -0.463. The third-order valence-electron chi connectivity index (χ3n) is 2.42. The average Bonchev–Trinajstić information content (AvgIpc) is 2.30. The number of aliphatic carboxylic acids is 1. The lowest BCUT2D eigenvalue weighted by Gasteiger charge is -2.13. The Balaban J connectivity index is 2.66. The zero-order chi connectivity index (χ0) is 14.4. The first-order valence-corrected chi connectivity index (χ1v) is 6.17. The number of carboxylic acids is 1. The second-order valence-corrected chi connectivity index (χ2v) is 4.55. The van der Waals surface area contributed by atoms with Gasteiger partial charge in [0.15, 0.2) is 0 Å². The van der Waals surface area contributed by atoms with Gasteiger partial charge >= 0.3 is 5.97 Å². The number of nitrogens with one attached hydrogen (secondary N) is 1. The first kappa shape index (κ1) is 15.0. The molecular weight excluding hydrogens is 246 g/mol. The van der Waals surface area contributed by atoms with Crippen LogP contribution >= 0.6 is 0 Å². The highest BCUT2D eigenvalue weighted by Crippen LogP contribution is 2.20. The van der Waals surface area contributed by atoms with Crippen molar-refractivity contribution in [2.24, 2.45) is 0 Å². The van der Waals surface area contributed by atoms with Gasteiger partial charge in [0.25, 0.3) is 5.91 Å². The molecule has 0 saturated carbocycles. The van der Waals surface area contributed by atoms with Crippen LogP contribution in [0.25, 0.3) is 0 Å². The molecule has 1 rings (SSSR count). The fraction of sp³-hybridized carbons (Fsp3) is 0.429. The van der Waals surface area contributed by atoms with E-state index in [0.717, 1.165) is 11.3 Å². The van der Waals surface area contributed by atoms with Crippen LogP contribution in [0.2, 0.25) is 0 Å². The minimum atomic E-state index is -0.933. The smallest absolute Gasteiger partial charge is 0.305 e. The molecule has 19 heavy (non-hydrogen) atoms. The number of rotatable bonds is 6. The molecule has 0 aliphatic rings. The van der Waals surface area contributed by atoms with E-state index < -0.39 is 5.97 Å². The molecule has 1 amide bonds. The second-order valence-electron chi connectivity index (χ2n) is 4.55. The van der Waals surface area contributed by atoms with Crippen LogP contribution in [-0.2, 0) is 4.79 Å². The Kier molecular flexibility index (Phi) is 5.36. The fourth-order valence-electron chi connectivity index (χ4n) is 1.56. The van der Waals surface area contributed by atoms with Gasteiger partial charge in [-0.2, -0.15) is 0 Å². The van der Waals surface area contributed by atoms with Crippen molar-refractivity contribution in [2.75, 3.05) is 6.54 Å². The fourth-order valence-corrected chi connectivity index (χ4v) is 1.56. The number of benzene rings is 1. The van der Waals surface area contributed by atoms with Crippen LogP contribution in [-0.4, -0.2) is 29.6 Å². The van der Waals surface area contributed by atoms with Crippen molar-refractivity contribution in [3.63, 3.8) is 0 Å². The SMILES string of the molecule is Cc1cc(C(=O)NCCC(=O)O)ccc1OC(C)C. The van der Waals surface area contributed by atoms with Crippen molar-refractivity contribution in [2.45, 2.75) is 33.3 Å². The predicted molar refractivity (Wildman–Crippen MR) is 71.5 cm³/mol. The second kappa shape index (κ2) is 6.78. The summed E-state index contributed by atoms with van der Waals surface area (Å²) in [5.41, 5.74) is 1.37. The Morgan fingerprint density at radius 3 is 2.58 bits per heavy atom. The minimum Gasteiger partial charge on any atom is -0.491 e. The Hall–Kier alpha value is -2.04. The maximum Gasteiger partial charge on any atom is 0.305 e. The molecule has 104 valence electrons. The number of carboxylic acid groups (broad SMARTS) is 1. The van der Waals surface area contributed by atoms with Crippen LogP contribution in [0.1, 0.15) is 36.2 Å². The summed E-state index contributed by atoms with van der Waals surface area (Å²) in [6.45, 7) is 5.86. The van der Waals surface area contributed by atoms with E-state index in [4.69, 9.17) is 9.84 Å². The van der Waals surface area contributed by atoms with Gasteiger partial charge in [-0.25, -0.2) is 0 Å². The molecule has 0 fully saturated rings. The molecule has 1 aromatic carbocycles. The maximum atomic E-state index is 11.8. The summed E-state index contributed by atoms with van der Waals surface area (Å²) in [6.07, 6.45) is -0.00634. The molecule has 0 unspecified atom stereocenters. The largest absolute Gasteiger partial charge is 0.491 e. The van der Waals surface area contributed by atoms with Gasteiger partial charge in [0.2, 0.25) is 0 Å². The van der Waals surface area contributed by atoms with Crippen LogP contribution in [0.5, 0.6) is 5.75 Å². The van der Waals surface area contributed by atoms with Gasteiger partial charge in [0.1, 0.15) is 5.75 Å². The molecule has 5 nitrogen and oxygen atoms in total. The van der Waals surface area contributed by atoms with E-state index in [2.05, 4.69) is 5.32 Å². The molecule has 0 aliphatic heterocycles. The van der Waals surface area contributed by atoms with E-state index >= 15 is 0 Å². The van der Waals surface area contributed by atoms with Gasteiger partial charge in [-0.3, -0.25) is 9.59 Å². The van der Waals surface area contributed by atoms with Gasteiger partial charge in [0.05, 0.1) is 12.5 Å². The van der Waals surface area contributed by atoms with Gasteiger partial charge in [-0.1, -0.05) is 0 Å². The van der Waals surface area contributed by atoms with Crippen LogP contribution in [0, 0.1) is 6.92 Å². The molecule has 0 aliphatic carbocycles. The van der Waals surface area contributed by atoms with E-state index in [1.165, 1.54) is 0 Å². The highest BCUT2D eigenvalue weighted by Gasteiger charge is 2.09. The molecule has 0 spiro atoms. The van der Waals surface area contributed by atoms with Gasteiger partial charge < -0.3 is 15.2 Å². The predicted octanol–water partition coefficient (Wildman–Crippen LogP) is 1.99. The number of hydrogen-bond acceptors (Lipinski definition) is 3. The summed E-state index contributed by atoms with van der Waals surface area (Å²) >= 11 is 0. The molecule has 5 heteroatoms. The molecule has 0 heterocycles. The van der Waals surface area contributed by atoms with Crippen molar-refractivity contribution >= 4 is 11.9 Å². The van der Waals surface area contributed by atoms with Crippen molar-refractivity contribution in [1.82, 2.24) is 5.32 Å². The molecule has 2 N–H and O–H groups in total. The number of aryl methyl sites for hydroxylation is 1. The Labute approximate surface area is 112 Å². The molecular formula is C14H19NO4. The third-order valence-corrected chi connectivity index (χ3v) is 2.42. The Bertz CT molecular complexity index is 469. The molecule has 0 saturated heterocycles.